The molecule has 1 fully saturated rings. The molecule has 0 amide bonds. The Labute approximate surface area is 99.0 Å². The number of aromatic nitrogens is 2. The van der Waals surface area contributed by atoms with Gasteiger partial charge < -0.3 is 15.2 Å². The maximum absolute atomic E-state index is 10.8. The molecule has 2 heterocycles. The fourth-order valence-corrected chi connectivity index (χ4v) is 1.77. The van der Waals surface area contributed by atoms with Crippen molar-refractivity contribution in [2.24, 2.45) is 0 Å². The molecule has 1 atom stereocenters. The highest BCUT2D eigenvalue weighted by Crippen LogP contribution is 2.12. The van der Waals surface area contributed by atoms with E-state index in [0.29, 0.717) is 18.2 Å². The van der Waals surface area contributed by atoms with Crippen molar-refractivity contribution in [1.29, 1.82) is 0 Å². The van der Waals surface area contributed by atoms with Crippen molar-refractivity contribution in [2.45, 2.75) is 25.9 Å². The summed E-state index contributed by atoms with van der Waals surface area (Å²) in [7, 11) is 0. The molecular weight excluding hydrogens is 222 g/mol. The van der Waals surface area contributed by atoms with Gasteiger partial charge in [-0.2, -0.15) is 0 Å². The monoisotopic (exact) mass is 237 g/mol. The molecule has 1 unspecified atom stereocenters. The lowest BCUT2D eigenvalue weighted by Crippen LogP contribution is -2.20. The van der Waals surface area contributed by atoms with E-state index in [2.05, 4.69) is 15.3 Å². The molecule has 1 aromatic heterocycles. The van der Waals surface area contributed by atoms with Crippen LogP contribution in [0.1, 0.15) is 29.0 Å². The number of carboxylic acid groups (broad SMARTS) is 1. The Kier molecular flexibility index (Phi) is 3.53. The number of hydrogen-bond acceptors (Lipinski definition) is 5. The predicted molar refractivity (Wildman–Crippen MR) is 61.2 cm³/mol. The quantitative estimate of drug-likeness (QED) is 0.815. The fraction of sp³-hybridized carbons (Fsp3) is 0.545. The van der Waals surface area contributed by atoms with E-state index in [9.17, 15) is 4.79 Å². The number of anilines is 1. The Morgan fingerprint density at radius 3 is 3.12 bits per heavy atom. The van der Waals surface area contributed by atoms with Crippen molar-refractivity contribution in [3.8, 4) is 0 Å². The first-order chi connectivity index (χ1) is 8.15. The number of nitrogens with one attached hydrogen (secondary N) is 1. The summed E-state index contributed by atoms with van der Waals surface area (Å²) in [4.78, 5) is 18.9. The van der Waals surface area contributed by atoms with Crippen LogP contribution in [0.5, 0.6) is 0 Å². The van der Waals surface area contributed by atoms with Gasteiger partial charge in [-0.25, -0.2) is 14.8 Å². The molecule has 0 aliphatic carbocycles. The Bertz CT molecular complexity index is 416. The highest BCUT2D eigenvalue weighted by molar-refractivity contribution is 5.85. The van der Waals surface area contributed by atoms with Crippen LogP contribution in [-0.4, -0.2) is 40.3 Å². The van der Waals surface area contributed by atoms with Gasteiger partial charge in [0.15, 0.2) is 5.69 Å². The predicted octanol–water partition coefficient (Wildman–Crippen LogP) is 1.07. The van der Waals surface area contributed by atoms with E-state index >= 15 is 0 Å². The van der Waals surface area contributed by atoms with Crippen LogP contribution in [-0.2, 0) is 4.74 Å². The summed E-state index contributed by atoms with van der Waals surface area (Å²) in [5, 5.41) is 11.9. The SMILES string of the molecule is Cc1cc(C(=O)O)nc(NCC2CCCO2)n1. The van der Waals surface area contributed by atoms with Gasteiger partial charge in [0.1, 0.15) is 0 Å². The van der Waals surface area contributed by atoms with E-state index < -0.39 is 5.97 Å². The molecule has 2 rings (SSSR count). The standard InChI is InChI=1S/C11H15N3O3/c1-7-5-9(10(15)16)14-11(13-7)12-6-8-3-2-4-17-8/h5,8H,2-4,6H2,1H3,(H,15,16)(H,12,13,14). The molecule has 6 heteroatoms. The first kappa shape index (κ1) is 11.8. The van der Waals surface area contributed by atoms with Gasteiger partial charge >= 0.3 is 5.97 Å². The van der Waals surface area contributed by atoms with Crippen LogP contribution in [0.15, 0.2) is 6.07 Å². The lowest BCUT2D eigenvalue weighted by Gasteiger charge is -2.11. The van der Waals surface area contributed by atoms with E-state index in [1.54, 1.807) is 6.92 Å². The minimum absolute atomic E-state index is 0.00680. The van der Waals surface area contributed by atoms with Crippen LogP contribution < -0.4 is 5.32 Å². The van der Waals surface area contributed by atoms with Crippen molar-refractivity contribution in [3.63, 3.8) is 0 Å². The van der Waals surface area contributed by atoms with Gasteiger partial charge in [-0.1, -0.05) is 0 Å². The third-order valence-electron chi connectivity index (χ3n) is 2.59. The molecule has 0 bridgehead atoms. The van der Waals surface area contributed by atoms with Crippen LogP contribution in [0.4, 0.5) is 5.95 Å². The molecule has 0 aromatic carbocycles. The lowest BCUT2D eigenvalue weighted by atomic mass is 10.2. The second-order valence-corrected chi connectivity index (χ2v) is 4.04. The summed E-state index contributed by atoms with van der Waals surface area (Å²) >= 11 is 0. The maximum Gasteiger partial charge on any atom is 0.354 e. The lowest BCUT2D eigenvalue weighted by molar-refractivity contribution is 0.0690. The van der Waals surface area contributed by atoms with Crippen LogP contribution in [0.3, 0.4) is 0 Å². The number of rotatable bonds is 4. The average Bonchev–Trinajstić information content (AvgIpc) is 2.78. The Balaban J connectivity index is 2.01. The van der Waals surface area contributed by atoms with Gasteiger partial charge in [-0.05, 0) is 25.8 Å². The average molecular weight is 237 g/mol. The van der Waals surface area contributed by atoms with Crippen LogP contribution in [0.25, 0.3) is 0 Å². The maximum atomic E-state index is 10.8. The Morgan fingerprint density at radius 1 is 1.65 bits per heavy atom. The van der Waals surface area contributed by atoms with Gasteiger partial charge in [-0.15, -0.1) is 0 Å². The Hall–Kier alpha value is -1.69. The molecule has 1 aliphatic heterocycles. The van der Waals surface area contributed by atoms with Crippen molar-refractivity contribution in [1.82, 2.24) is 9.97 Å². The number of ether oxygens (including phenoxy) is 1. The molecule has 0 spiro atoms. The number of nitrogens with zero attached hydrogens (tertiary/aromatic N) is 2. The summed E-state index contributed by atoms with van der Waals surface area (Å²) in [5.74, 6) is -0.700. The van der Waals surface area contributed by atoms with E-state index in [1.165, 1.54) is 6.07 Å². The van der Waals surface area contributed by atoms with E-state index in [-0.39, 0.29) is 11.8 Å². The minimum Gasteiger partial charge on any atom is -0.477 e. The molecule has 6 nitrogen and oxygen atoms in total. The third kappa shape index (κ3) is 3.13. The van der Waals surface area contributed by atoms with Crippen LogP contribution in [0.2, 0.25) is 0 Å². The normalized spacial score (nSPS) is 19.2. The smallest absolute Gasteiger partial charge is 0.354 e. The third-order valence-corrected chi connectivity index (χ3v) is 2.59. The van der Waals surface area contributed by atoms with Gasteiger partial charge in [0.2, 0.25) is 5.95 Å². The summed E-state index contributed by atoms with van der Waals surface area (Å²) in [6.07, 6.45) is 2.26. The van der Waals surface area contributed by atoms with E-state index in [1.807, 2.05) is 0 Å². The van der Waals surface area contributed by atoms with Crippen LogP contribution >= 0.6 is 0 Å². The summed E-state index contributed by atoms with van der Waals surface area (Å²) < 4.78 is 5.45. The minimum atomic E-state index is -1.05. The zero-order chi connectivity index (χ0) is 12.3. The number of carbonyl (C=O) groups is 1. The fourth-order valence-electron chi connectivity index (χ4n) is 1.77. The summed E-state index contributed by atoms with van der Waals surface area (Å²) in [6.45, 7) is 3.15. The van der Waals surface area contributed by atoms with Crippen molar-refractivity contribution >= 4 is 11.9 Å². The zero-order valence-corrected chi connectivity index (χ0v) is 9.64. The number of carboxylic acids is 1. The first-order valence-corrected chi connectivity index (χ1v) is 5.59. The molecule has 0 saturated carbocycles. The van der Waals surface area contributed by atoms with E-state index in [0.717, 1.165) is 19.4 Å². The molecule has 92 valence electrons. The van der Waals surface area contributed by atoms with Gasteiger partial charge in [0.25, 0.3) is 0 Å². The van der Waals surface area contributed by atoms with Gasteiger partial charge in [-0.3, -0.25) is 0 Å². The number of aromatic carboxylic acids is 1. The highest BCUT2D eigenvalue weighted by Gasteiger charge is 2.16. The second kappa shape index (κ2) is 5.09. The number of aryl methyl sites for hydroxylation is 1. The van der Waals surface area contributed by atoms with Crippen molar-refractivity contribution in [3.05, 3.63) is 17.5 Å². The van der Waals surface area contributed by atoms with Gasteiger partial charge in [0, 0.05) is 18.8 Å². The Morgan fingerprint density at radius 2 is 2.47 bits per heavy atom. The molecule has 1 saturated heterocycles. The van der Waals surface area contributed by atoms with E-state index in [4.69, 9.17) is 9.84 Å². The highest BCUT2D eigenvalue weighted by atomic mass is 16.5. The number of hydrogen-bond donors (Lipinski definition) is 2. The second-order valence-electron chi connectivity index (χ2n) is 4.04. The molecule has 1 aliphatic rings. The summed E-state index contributed by atoms with van der Waals surface area (Å²) in [5.41, 5.74) is 0.639. The molecular formula is C11H15N3O3. The molecule has 17 heavy (non-hydrogen) atoms. The van der Waals surface area contributed by atoms with Crippen LogP contribution in [0, 0.1) is 6.92 Å². The van der Waals surface area contributed by atoms with Crippen molar-refractivity contribution < 1.29 is 14.6 Å². The molecule has 0 radical (unpaired) electrons. The first-order valence-electron chi connectivity index (χ1n) is 5.59. The largest absolute Gasteiger partial charge is 0.477 e. The van der Waals surface area contributed by atoms with Gasteiger partial charge in [0.05, 0.1) is 6.10 Å². The zero-order valence-electron chi connectivity index (χ0n) is 9.64. The molecule has 1 aromatic rings. The molecule has 2 N–H and O–H groups in total. The topological polar surface area (TPSA) is 84.3 Å². The summed E-state index contributed by atoms with van der Waals surface area (Å²) in [6, 6.07) is 1.44. The van der Waals surface area contributed by atoms with Crippen molar-refractivity contribution in [2.75, 3.05) is 18.5 Å².